The summed E-state index contributed by atoms with van der Waals surface area (Å²) < 4.78 is 4.92. The number of ether oxygens (including phenoxy) is 1. The SMILES string of the molecule is CCOC(=O)CCN(CCCNC(C)=O)C(=O)c1cccc(C)c1. The minimum atomic E-state index is -0.318. The van der Waals surface area contributed by atoms with Gasteiger partial charge in [0.25, 0.3) is 5.91 Å². The molecule has 0 heterocycles. The standard InChI is InChI=1S/C18H26N2O4/c1-4-24-17(22)9-12-20(11-6-10-19-15(3)21)18(23)16-8-5-7-14(2)13-16/h5,7-8,13H,4,6,9-12H2,1-3H3,(H,19,21). The van der Waals surface area contributed by atoms with Gasteiger partial charge in [-0.15, -0.1) is 0 Å². The fourth-order valence-corrected chi connectivity index (χ4v) is 2.27. The van der Waals surface area contributed by atoms with Gasteiger partial charge in [0, 0.05) is 32.1 Å². The van der Waals surface area contributed by atoms with E-state index in [4.69, 9.17) is 4.74 Å². The lowest BCUT2D eigenvalue weighted by molar-refractivity contribution is -0.143. The normalized spacial score (nSPS) is 10.1. The second-order valence-electron chi connectivity index (χ2n) is 5.55. The molecule has 0 aliphatic carbocycles. The Morgan fingerprint density at radius 3 is 2.58 bits per heavy atom. The van der Waals surface area contributed by atoms with Crippen LogP contribution in [0.3, 0.4) is 0 Å². The molecule has 0 radical (unpaired) electrons. The van der Waals surface area contributed by atoms with Crippen LogP contribution < -0.4 is 5.32 Å². The second kappa shape index (κ2) is 10.4. The molecule has 0 fully saturated rings. The molecule has 6 heteroatoms. The number of hydrogen-bond acceptors (Lipinski definition) is 4. The van der Waals surface area contributed by atoms with Gasteiger partial charge in [-0.25, -0.2) is 0 Å². The van der Waals surface area contributed by atoms with Crippen molar-refractivity contribution in [3.8, 4) is 0 Å². The van der Waals surface area contributed by atoms with E-state index in [9.17, 15) is 14.4 Å². The van der Waals surface area contributed by atoms with Crippen LogP contribution in [0.4, 0.5) is 0 Å². The molecule has 0 unspecified atom stereocenters. The van der Waals surface area contributed by atoms with Gasteiger partial charge in [0.15, 0.2) is 0 Å². The molecule has 0 aromatic heterocycles. The lowest BCUT2D eigenvalue weighted by Crippen LogP contribution is -2.36. The quantitative estimate of drug-likeness (QED) is 0.553. The lowest BCUT2D eigenvalue weighted by Gasteiger charge is -2.22. The number of amides is 2. The van der Waals surface area contributed by atoms with Gasteiger partial charge in [-0.2, -0.15) is 0 Å². The van der Waals surface area contributed by atoms with E-state index in [0.29, 0.717) is 38.2 Å². The Hall–Kier alpha value is -2.37. The summed E-state index contributed by atoms with van der Waals surface area (Å²) in [7, 11) is 0. The number of rotatable bonds is 9. The van der Waals surface area contributed by atoms with E-state index in [1.54, 1.807) is 17.9 Å². The van der Waals surface area contributed by atoms with Crippen molar-refractivity contribution in [3.63, 3.8) is 0 Å². The average molecular weight is 334 g/mol. The number of carbonyl (C=O) groups excluding carboxylic acids is 3. The maximum atomic E-state index is 12.7. The maximum Gasteiger partial charge on any atom is 0.307 e. The summed E-state index contributed by atoms with van der Waals surface area (Å²) in [5.74, 6) is -0.537. The van der Waals surface area contributed by atoms with Gasteiger partial charge >= 0.3 is 5.97 Å². The van der Waals surface area contributed by atoms with Crippen LogP contribution in [0, 0.1) is 6.92 Å². The lowest BCUT2D eigenvalue weighted by atomic mass is 10.1. The Kier molecular flexibility index (Phi) is 8.54. The zero-order valence-corrected chi connectivity index (χ0v) is 14.6. The van der Waals surface area contributed by atoms with Crippen molar-refractivity contribution in [2.75, 3.05) is 26.2 Å². The van der Waals surface area contributed by atoms with Crippen LogP contribution in [-0.4, -0.2) is 48.9 Å². The second-order valence-corrected chi connectivity index (χ2v) is 5.55. The fourth-order valence-electron chi connectivity index (χ4n) is 2.27. The Balaban J connectivity index is 2.69. The first-order valence-corrected chi connectivity index (χ1v) is 8.20. The highest BCUT2D eigenvalue weighted by molar-refractivity contribution is 5.94. The summed E-state index contributed by atoms with van der Waals surface area (Å²) in [5.41, 5.74) is 1.60. The van der Waals surface area contributed by atoms with Crippen LogP contribution in [-0.2, 0) is 14.3 Å². The molecule has 0 atom stereocenters. The van der Waals surface area contributed by atoms with Crippen molar-refractivity contribution >= 4 is 17.8 Å². The molecule has 132 valence electrons. The summed E-state index contributed by atoms with van der Waals surface area (Å²) in [5, 5.41) is 2.71. The van der Waals surface area contributed by atoms with Gasteiger partial charge in [-0.1, -0.05) is 17.7 Å². The van der Waals surface area contributed by atoms with Crippen molar-refractivity contribution in [1.29, 1.82) is 0 Å². The predicted molar refractivity (Wildman–Crippen MR) is 91.6 cm³/mol. The number of hydrogen-bond donors (Lipinski definition) is 1. The van der Waals surface area contributed by atoms with Crippen molar-refractivity contribution in [2.24, 2.45) is 0 Å². The third-order valence-electron chi connectivity index (χ3n) is 3.42. The molecule has 6 nitrogen and oxygen atoms in total. The largest absolute Gasteiger partial charge is 0.466 e. The first kappa shape index (κ1) is 19.7. The summed E-state index contributed by atoms with van der Waals surface area (Å²) in [6.45, 7) is 6.71. The van der Waals surface area contributed by atoms with Crippen molar-refractivity contribution in [1.82, 2.24) is 10.2 Å². The van der Waals surface area contributed by atoms with Crippen LogP contribution >= 0.6 is 0 Å². The highest BCUT2D eigenvalue weighted by atomic mass is 16.5. The van der Waals surface area contributed by atoms with E-state index in [2.05, 4.69) is 5.32 Å². The molecule has 24 heavy (non-hydrogen) atoms. The van der Waals surface area contributed by atoms with E-state index in [1.165, 1.54) is 6.92 Å². The minimum Gasteiger partial charge on any atom is -0.466 e. The average Bonchev–Trinajstić information content (AvgIpc) is 2.53. The summed E-state index contributed by atoms with van der Waals surface area (Å²) >= 11 is 0. The van der Waals surface area contributed by atoms with Crippen molar-refractivity contribution < 1.29 is 19.1 Å². The van der Waals surface area contributed by atoms with Gasteiger partial charge in [-0.3, -0.25) is 14.4 Å². The van der Waals surface area contributed by atoms with Gasteiger partial charge in [0.2, 0.25) is 5.91 Å². The van der Waals surface area contributed by atoms with E-state index in [-0.39, 0.29) is 24.2 Å². The predicted octanol–water partition coefficient (Wildman–Crippen LogP) is 1.92. The molecular weight excluding hydrogens is 308 g/mol. The minimum absolute atomic E-state index is 0.0990. The molecule has 2 amide bonds. The van der Waals surface area contributed by atoms with Crippen LogP contribution in [0.5, 0.6) is 0 Å². The highest BCUT2D eigenvalue weighted by Crippen LogP contribution is 2.09. The monoisotopic (exact) mass is 334 g/mol. The molecule has 1 aromatic rings. The Morgan fingerprint density at radius 1 is 1.21 bits per heavy atom. The smallest absolute Gasteiger partial charge is 0.307 e. The third kappa shape index (κ3) is 7.26. The molecule has 0 saturated carbocycles. The number of nitrogens with zero attached hydrogens (tertiary/aromatic N) is 1. The number of nitrogens with one attached hydrogen (secondary N) is 1. The number of esters is 1. The summed E-state index contributed by atoms with van der Waals surface area (Å²) in [6, 6.07) is 7.36. The van der Waals surface area contributed by atoms with E-state index >= 15 is 0 Å². The molecule has 0 saturated heterocycles. The third-order valence-corrected chi connectivity index (χ3v) is 3.42. The van der Waals surface area contributed by atoms with E-state index < -0.39 is 0 Å². The number of carbonyl (C=O) groups is 3. The molecule has 1 rings (SSSR count). The fraction of sp³-hybridized carbons (Fsp3) is 0.500. The van der Waals surface area contributed by atoms with Crippen molar-refractivity contribution in [3.05, 3.63) is 35.4 Å². The molecule has 0 aliphatic rings. The number of benzene rings is 1. The van der Waals surface area contributed by atoms with Crippen LogP contribution in [0.15, 0.2) is 24.3 Å². The Bertz CT molecular complexity index is 572. The molecule has 0 spiro atoms. The van der Waals surface area contributed by atoms with Gasteiger partial charge in [-0.05, 0) is 32.4 Å². The first-order valence-electron chi connectivity index (χ1n) is 8.20. The van der Waals surface area contributed by atoms with E-state index in [1.807, 2.05) is 25.1 Å². The van der Waals surface area contributed by atoms with Crippen molar-refractivity contribution in [2.45, 2.75) is 33.6 Å². The zero-order chi connectivity index (χ0) is 17.9. The van der Waals surface area contributed by atoms with Gasteiger partial charge in [0.05, 0.1) is 13.0 Å². The van der Waals surface area contributed by atoms with Gasteiger partial charge < -0.3 is 15.0 Å². The molecule has 1 N–H and O–H groups in total. The first-order chi connectivity index (χ1) is 11.4. The molecule has 1 aromatic carbocycles. The van der Waals surface area contributed by atoms with Crippen LogP contribution in [0.1, 0.15) is 42.6 Å². The molecular formula is C18H26N2O4. The van der Waals surface area contributed by atoms with Crippen LogP contribution in [0.2, 0.25) is 0 Å². The topological polar surface area (TPSA) is 75.7 Å². The molecule has 0 aliphatic heterocycles. The van der Waals surface area contributed by atoms with Crippen LogP contribution in [0.25, 0.3) is 0 Å². The molecule has 0 bridgehead atoms. The van der Waals surface area contributed by atoms with Gasteiger partial charge in [0.1, 0.15) is 0 Å². The maximum absolute atomic E-state index is 12.7. The Labute approximate surface area is 143 Å². The zero-order valence-electron chi connectivity index (χ0n) is 14.6. The summed E-state index contributed by atoms with van der Waals surface area (Å²) in [6.07, 6.45) is 0.783. The van der Waals surface area contributed by atoms with E-state index in [0.717, 1.165) is 5.56 Å². The number of aryl methyl sites for hydroxylation is 1. The highest BCUT2D eigenvalue weighted by Gasteiger charge is 2.17. The summed E-state index contributed by atoms with van der Waals surface area (Å²) in [4.78, 5) is 36.8. The Morgan fingerprint density at radius 2 is 1.96 bits per heavy atom.